The Morgan fingerprint density at radius 3 is 2.33 bits per heavy atom. The van der Waals surface area contributed by atoms with E-state index in [2.05, 4.69) is 5.32 Å². The van der Waals surface area contributed by atoms with E-state index in [1.807, 2.05) is 0 Å². The van der Waals surface area contributed by atoms with Crippen molar-refractivity contribution in [1.82, 2.24) is 4.57 Å². The second-order valence-electron chi connectivity index (χ2n) is 5.48. The largest absolute Gasteiger partial charge is 0.399 e. The third kappa shape index (κ3) is 2.97. The van der Waals surface area contributed by atoms with Crippen molar-refractivity contribution in [3.05, 3.63) is 58.5 Å². The van der Waals surface area contributed by atoms with Crippen LogP contribution in [0.4, 0.5) is 11.4 Å². The summed E-state index contributed by atoms with van der Waals surface area (Å²) in [6, 6.07) is 11.8. The molecule has 0 unspecified atom stereocenters. The molecule has 0 bridgehead atoms. The highest BCUT2D eigenvalue weighted by Gasteiger charge is 2.31. The Kier molecular flexibility index (Phi) is 3.84. The molecule has 5 heteroatoms. The number of nitrogens with zero attached hydrogens (tertiary/aromatic N) is 1. The molecule has 1 heterocycles. The molecule has 0 saturated heterocycles. The number of nitrogen functional groups attached to an aromatic ring is 1. The number of nitrogens with one attached hydrogen (secondary N) is 1. The van der Waals surface area contributed by atoms with Gasteiger partial charge in [-0.25, -0.2) is 0 Å². The lowest BCUT2D eigenvalue weighted by Crippen LogP contribution is -2.46. The van der Waals surface area contributed by atoms with Crippen molar-refractivity contribution in [3.8, 4) is 0 Å². The molecule has 1 amide bonds. The fourth-order valence-electron chi connectivity index (χ4n) is 2.26. The molecule has 1 aromatic carbocycles. The zero-order chi connectivity index (χ0) is 15.6. The van der Waals surface area contributed by atoms with Gasteiger partial charge in [0.05, 0.1) is 0 Å². The molecule has 2 rings (SSSR count). The minimum absolute atomic E-state index is 0.201. The lowest BCUT2D eigenvalue weighted by atomic mass is 10.0. The Morgan fingerprint density at radius 1 is 1.14 bits per heavy atom. The van der Waals surface area contributed by atoms with Crippen molar-refractivity contribution >= 4 is 17.3 Å². The van der Waals surface area contributed by atoms with Gasteiger partial charge in [-0.15, -0.1) is 0 Å². The number of hydrogen-bond donors (Lipinski definition) is 2. The quantitative estimate of drug-likeness (QED) is 0.848. The average Bonchev–Trinajstić information content (AvgIpc) is 2.40. The standard InChI is InChI=1S/C16H19N3O2/c1-11-5-4-6-14(20)19(11)16(2,3)15(21)18-13-9-7-12(17)8-10-13/h4-10H,17H2,1-3H3,(H,18,21). The maximum Gasteiger partial charge on any atom is 0.251 e. The molecule has 110 valence electrons. The van der Waals surface area contributed by atoms with Gasteiger partial charge in [0.2, 0.25) is 5.91 Å². The normalized spacial score (nSPS) is 11.2. The van der Waals surface area contributed by atoms with Gasteiger partial charge >= 0.3 is 0 Å². The third-order valence-corrected chi connectivity index (χ3v) is 3.43. The molecule has 0 spiro atoms. The van der Waals surface area contributed by atoms with Crippen LogP contribution in [0.3, 0.4) is 0 Å². The third-order valence-electron chi connectivity index (χ3n) is 3.43. The van der Waals surface area contributed by atoms with Crippen LogP contribution in [0, 0.1) is 6.92 Å². The second-order valence-corrected chi connectivity index (χ2v) is 5.48. The lowest BCUT2D eigenvalue weighted by molar-refractivity contribution is -0.123. The first kappa shape index (κ1) is 14.8. The van der Waals surface area contributed by atoms with Crippen LogP contribution >= 0.6 is 0 Å². The van der Waals surface area contributed by atoms with Crippen LogP contribution in [0.1, 0.15) is 19.5 Å². The van der Waals surface area contributed by atoms with Crippen LogP contribution < -0.4 is 16.6 Å². The number of nitrogens with two attached hydrogens (primary N) is 1. The van der Waals surface area contributed by atoms with Gasteiger partial charge in [0, 0.05) is 23.1 Å². The molecule has 1 aromatic heterocycles. The second kappa shape index (κ2) is 5.44. The molecule has 2 aromatic rings. The predicted octanol–water partition coefficient (Wildman–Crippen LogP) is 2.11. The van der Waals surface area contributed by atoms with Gasteiger partial charge in [-0.1, -0.05) is 6.07 Å². The van der Waals surface area contributed by atoms with Crippen LogP contribution in [-0.4, -0.2) is 10.5 Å². The maximum atomic E-state index is 12.5. The Labute approximate surface area is 123 Å². The first-order valence-corrected chi connectivity index (χ1v) is 6.68. The Morgan fingerprint density at radius 2 is 1.76 bits per heavy atom. The zero-order valence-electron chi connectivity index (χ0n) is 12.4. The lowest BCUT2D eigenvalue weighted by Gasteiger charge is -2.28. The first-order valence-electron chi connectivity index (χ1n) is 6.68. The number of aryl methyl sites for hydroxylation is 1. The van der Waals surface area contributed by atoms with Gasteiger partial charge in [-0.3, -0.25) is 14.2 Å². The number of benzene rings is 1. The van der Waals surface area contributed by atoms with Crippen molar-refractivity contribution in [1.29, 1.82) is 0 Å². The van der Waals surface area contributed by atoms with E-state index >= 15 is 0 Å². The smallest absolute Gasteiger partial charge is 0.251 e. The van der Waals surface area contributed by atoms with Crippen molar-refractivity contribution in [2.75, 3.05) is 11.1 Å². The SMILES string of the molecule is Cc1cccc(=O)n1C(C)(C)C(=O)Nc1ccc(N)cc1. The van der Waals surface area contributed by atoms with Gasteiger partial charge in [-0.2, -0.15) is 0 Å². The number of carbonyl (C=O) groups excluding carboxylic acids is 1. The monoisotopic (exact) mass is 285 g/mol. The van der Waals surface area contributed by atoms with Gasteiger partial charge in [0.1, 0.15) is 5.54 Å². The van der Waals surface area contributed by atoms with Crippen LogP contribution in [0.2, 0.25) is 0 Å². The summed E-state index contributed by atoms with van der Waals surface area (Å²) in [6.45, 7) is 5.24. The van der Waals surface area contributed by atoms with Crippen LogP contribution in [0.25, 0.3) is 0 Å². The summed E-state index contributed by atoms with van der Waals surface area (Å²) in [6.07, 6.45) is 0. The molecular formula is C16H19N3O2. The Hall–Kier alpha value is -2.56. The molecule has 0 atom stereocenters. The first-order chi connectivity index (χ1) is 9.82. The number of rotatable bonds is 3. The molecule has 5 nitrogen and oxygen atoms in total. The highest BCUT2D eigenvalue weighted by Crippen LogP contribution is 2.19. The number of aromatic nitrogens is 1. The average molecular weight is 285 g/mol. The summed E-state index contributed by atoms with van der Waals surface area (Å²) in [7, 11) is 0. The van der Waals surface area contributed by atoms with E-state index in [-0.39, 0.29) is 11.5 Å². The highest BCUT2D eigenvalue weighted by atomic mass is 16.2. The number of carbonyl (C=O) groups is 1. The Balaban J connectivity index is 2.33. The van der Waals surface area contributed by atoms with Crippen LogP contribution in [0.5, 0.6) is 0 Å². The molecule has 0 fully saturated rings. The highest BCUT2D eigenvalue weighted by molar-refractivity contribution is 5.96. The summed E-state index contributed by atoms with van der Waals surface area (Å²) < 4.78 is 1.49. The Bertz CT molecular complexity index is 715. The summed E-state index contributed by atoms with van der Waals surface area (Å²) in [4.78, 5) is 24.6. The molecule has 0 aliphatic heterocycles. The van der Waals surface area contributed by atoms with E-state index < -0.39 is 5.54 Å². The fraction of sp³-hybridized carbons (Fsp3) is 0.250. The van der Waals surface area contributed by atoms with Crippen LogP contribution in [0.15, 0.2) is 47.3 Å². The van der Waals surface area contributed by atoms with E-state index in [9.17, 15) is 9.59 Å². The van der Waals surface area contributed by atoms with Crippen molar-refractivity contribution in [3.63, 3.8) is 0 Å². The fourth-order valence-corrected chi connectivity index (χ4v) is 2.26. The van der Waals surface area contributed by atoms with Crippen molar-refractivity contribution in [2.24, 2.45) is 0 Å². The van der Waals surface area contributed by atoms with Gasteiger partial charge in [0.25, 0.3) is 5.56 Å². The maximum absolute atomic E-state index is 12.5. The van der Waals surface area contributed by atoms with E-state index in [1.54, 1.807) is 57.2 Å². The van der Waals surface area contributed by atoms with Gasteiger partial charge < -0.3 is 11.1 Å². The summed E-state index contributed by atoms with van der Waals surface area (Å²) in [5.74, 6) is -0.260. The molecule has 0 aliphatic carbocycles. The predicted molar refractivity (Wildman–Crippen MR) is 84.2 cm³/mol. The molecule has 0 aliphatic rings. The summed E-state index contributed by atoms with van der Waals surface area (Å²) in [5, 5.41) is 2.81. The topological polar surface area (TPSA) is 77.1 Å². The molecule has 21 heavy (non-hydrogen) atoms. The molecule has 0 saturated carbocycles. The van der Waals surface area contributed by atoms with Crippen molar-refractivity contribution in [2.45, 2.75) is 26.3 Å². The molecular weight excluding hydrogens is 266 g/mol. The van der Waals surface area contributed by atoms with Gasteiger partial charge in [0.15, 0.2) is 0 Å². The van der Waals surface area contributed by atoms with E-state index in [0.29, 0.717) is 11.4 Å². The minimum atomic E-state index is -0.996. The van der Waals surface area contributed by atoms with Crippen LogP contribution in [-0.2, 0) is 10.3 Å². The molecule has 0 radical (unpaired) electrons. The van der Waals surface area contributed by atoms with Gasteiger partial charge in [-0.05, 0) is 51.1 Å². The number of hydrogen-bond acceptors (Lipinski definition) is 3. The summed E-state index contributed by atoms with van der Waals surface area (Å²) >= 11 is 0. The van der Waals surface area contributed by atoms with E-state index in [0.717, 1.165) is 5.69 Å². The molecule has 3 N–H and O–H groups in total. The minimum Gasteiger partial charge on any atom is -0.399 e. The van der Waals surface area contributed by atoms with E-state index in [4.69, 9.17) is 5.73 Å². The number of anilines is 2. The van der Waals surface area contributed by atoms with E-state index in [1.165, 1.54) is 10.6 Å². The number of amides is 1. The van der Waals surface area contributed by atoms with Crippen molar-refractivity contribution < 1.29 is 4.79 Å². The number of pyridine rings is 1. The zero-order valence-corrected chi connectivity index (χ0v) is 12.4. The summed E-state index contributed by atoms with van der Waals surface area (Å²) in [5.41, 5.74) is 6.42.